The molecule has 10 heteroatoms. The Bertz CT molecular complexity index is 1050. The fourth-order valence-corrected chi connectivity index (χ4v) is 4.51. The number of phenolic OH excluding ortho intramolecular Hbond substituents is 1. The van der Waals surface area contributed by atoms with Gasteiger partial charge in [-0.3, -0.25) is 10.7 Å². The molecule has 3 N–H and O–H groups in total. The molecule has 4 heterocycles. The molecule has 0 saturated carbocycles. The van der Waals surface area contributed by atoms with E-state index in [9.17, 15) is 5.11 Å². The molecule has 1 aromatic carbocycles. The van der Waals surface area contributed by atoms with Crippen molar-refractivity contribution in [3.8, 4) is 17.0 Å². The Morgan fingerprint density at radius 2 is 1.86 bits per heavy atom. The molecule has 2 bridgehead atoms. The first kappa shape index (κ1) is 17.9. The number of anilines is 2. The number of hydrogen-bond donors (Lipinski definition) is 2. The van der Waals surface area contributed by atoms with Crippen LogP contribution < -0.4 is 20.3 Å². The van der Waals surface area contributed by atoms with Crippen LogP contribution in [0.2, 0.25) is 5.15 Å². The maximum absolute atomic E-state index is 10.2. The summed E-state index contributed by atoms with van der Waals surface area (Å²) in [5.41, 5.74) is 8.33. The van der Waals surface area contributed by atoms with Crippen molar-refractivity contribution in [2.24, 2.45) is 0 Å². The first-order chi connectivity index (χ1) is 14.1. The Labute approximate surface area is 172 Å². The summed E-state index contributed by atoms with van der Waals surface area (Å²) in [7, 11) is 0. The number of nitrogens with zero attached hydrogens (tertiary/aromatic N) is 7. The van der Waals surface area contributed by atoms with Crippen molar-refractivity contribution in [2.75, 3.05) is 28.7 Å². The maximum atomic E-state index is 10.2. The Morgan fingerprint density at radius 1 is 1.10 bits per heavy atom. The lowest BCUT2D eigenvalue weighted by atomic mass is 10.1. The van der Waals surface area contributed by atoms with E-state index in [4.69, 9.17) is 17.3 Å². The molecule has 0 amide bonds. The van der Waals surface area contributed by atoms with E-state index in [1.54, 1.807) is 18.3 Å². The molecule has 5 rings (SSSR count). The summed E-state index contributed by atoms with van der Waals surface area (Å²) in [5, 5.41) is 28.9. The molecule has 9 nitrogen and oxygen atoms in total. The molecule has 0 radical (unpaired) electrons. The Kier molecular flexibility index (Phi) is 4.31. The second-order valence-electron chi connectivity index (χ2n) is 7.33. The van der Waals surface area contributed by atoms with E-state index in [1.807, 2.05) is 29.1 Å². The molecule has 29 heavy (non-hydrogen) atoms. The third kappa shape index (κ3) is 3.17. The molecule has 2 aromatic heterocycles. The molecule has 0 aliphatic carbocycles. The number of halogens is 1. The van der Waals surface area contributed by atoms with E-state index in [1.165, 1.54) is 0 Å². The molecule has 2 aliphatic heterocycles. The van der Waals surface area contributed by atoms with Gasteiger partial charge in [0.2, 0.25) is 0 Å². The lowest BCUT2D eigenvalue weighted by molar-refractivity contribution is -0.682. The van der Waals surface area contributed by atoms with Crippen LogP contribution in [-0.4, -0.2) is 50.7 Å². The van der Waals surface area contributed by atoms with Gasteiger partial charge in [0.15, 0.2) is 5.15 Å². The minimum absolute atomic E-state index is 0.157. The van der Waals surface area contributed by atoms with Crippen LogP contribution in [0.25, 0.3) is 11.3 Å². The van der Waals surface area contributed by atoms with Crippen LogP contribution in [0.4, 0.5) is 11.6 Å². The molecule has 0 spiro atoms. The third-order valence-electron chi connectivity index (χ3n) is 5.60. The van der Waals surface area contributed by atoms with E-state index >= 15 is 0 Å². The van der Waals surface area contributed by atoms with Gasteiger partial charge >= 0.3 is 5.95 Å². The highest BCUT2D eigenvalue weighted by atomic mass is 35.5. The van der Waals surface area contributed by atoms with Crippen LogP contribution in [0.5, 0.6) is 5.75 Å². The molecule has 2 aliphatic rings. The first-order valence-corrected chi connectivity index (χ1v) is 9.83. The first-order valence-electron chi connectivity index (χ1n) is 9.45. The lowest BCUT2D eigenvalue weighted by Gasteiger charge is -2.41. The van der Waals surface area contributed by atoms with Crippen LogP contribution in [0, 0.1) is 0 Å². The quantitative estimate of drug-likeness (QED) is 0.618. The SMILES string of the molecule is Nc1nnc(-c2ccccc2O)c[n+]1N1CC2CCC(C1)N2c1cnnc(Cl)c1. The molecule has 2 saturated heterocycles. The van der Waals surface area contributed by atoms with E-state index in [2.05, 4.69) is 30.3 Å². The van der Waals surface area contributed by atoms with Crippen molar-refractivity contribution in [2.45, 2.75) is 24.9 Å². The predicted molar refractivity (Wildman–Crippen MR) is 108 cm³/mol. The predicted octanol–water partition coefficient (Wildman–Crippen LogP) is 1.15. The van der Waals surface area contributed by atoms with Crippen molar-refractivity contribution < 1.29 is 9.78 Å². The highest BCUT2D eigenvalue weighted by molar-refractivity contribution is 6.29. The van der Waals surface area contributed by atoms with Gasteiger partial charge in [-0.2, -0.15) is 5.10 Å². The minimum atomic E-state index is 0.157. The van der Waals surface area contributed by atoms with Crippen LogP contribution in [0.3, 0.4) is 0 Å². The number of piperazine rings is 1. The Morgan fingerprint density at radius 3 is 2.59 bits per heavy atom. The van der Waals surface area contributed by atoms with Gasteiger partial charge in [-0.15, -0.1) is 9.77 Å². The smallest absolute Gasteiger partial charge is 0.434 e. The van der Waals surface area contributed by atoms with Crippen LogP contribution in [0.15, 0.2) is 42.7 Å². The zero-order chi connectivity index (χ0) is 20.0. The molecule has 148 valence electrons. The fraction of sp³-hybridized carbons (Fsp3) is 0.316. The number of hydrogen-bond acceptors (Lipinski definition) is 8. The Balaban J connectivity index is 1.45. The van der Waals surface area contributed by atoms with Gasteiger partial charge in [-0.25, -0.2) is 0 Å². The van der Waals surface area contributed by atoms with Crippen molar-refractivity contribution in [3.05, 3.63) is 47.9 Å². The molecular formula is C19H20ClN8O+. The van der Waals surface area contributed by atoms with E-state index in [0.717, 1.165) is 31.6 Å². The number of phenols is 1. The van der Waals surface area contributed by atoms with Gasteiger partial charge in [0, 0.05) is 28.8 Å². The lowest BCUT2D eigenvalue weighted by Crippen LogP contribution is -2.69. The monoisotopic (exact) mass is 411 g/mol. The van der Waals surface area contributed by atoms with Crippen LogP contribution >= 0.6 is 11.6 Å². The number of fused-ring (bicyclic) bond motifs is 2. The van der Waals surface area contributed by atoms with Gasteiger partial charge in [0.25, 0.3) is 0 Å². The molecule has 2 unspecified atom stereocenters. The molecule has 3 aromatic rings. The number of rotatable bonds is 3. The number of aromatic hydroxyl groups is 1. The summed E-state index contributed by atoms with van der Waals surface area (Å²) < 4.78 is 1.84. The van der Waals surface area contributed by atoms with Crippen LogP contribution in [-0.2, 0) is 0 Å². The second-order valence-corrected chi connectivity index (χ2v) is 7.72. The molecule has 2 fully saturated rings. The number of nitrogens with two attached hydrogens (primary N) is 1. The maximum Gasteiger partial charge on any atom is 0.434 e. The summed E-state index contributed by atoms with van der Waals surface area (Å²) in [4.78, 5) is 2.38. The van der Waals surface area contributed by atoms with Crippen molar-refractivity contribution in [1.82, 2.24) is 20.4 Å². The zero-order valence-electron chi connectivity index (χ0n) is 15.6. The zero-order valence-corrected chi connectivity index (χ0v) is 16.3. The Hall–Kier alpha value is -3.20. The largest absolute Gasteiger partial charge is 0.507 e. The van der Waals surface area contributed by atoms with E-state index in [-0.39, 0.29) is 5.75 Å². The highest BCUT2D eigenvalue weighted by Crippen LogP contribution is 2.34. The normalized spacial score (nSPS) is 20.9. The van der Waals surface area contributed by atoms with E-state index < -0.39 is 0 Å². The van der Waals surface area contributed by atoms with Crippen molar-refractivity contribution in [3.63, 3.8) is 0 Å². The van der Waals surface area contributed by atoms with Crippen molar-refractivity contribution >= 4 is 23.2 Å². The summed E-state index contributed by atoms with van der Waals surface area (Å²) in [5.74, 6) is 0.468. The van der Waals surface area contributed by atoms with Gasteiger partial charge in [0.05, 0.1) is 25.0 Å². The number of nitrogen functional groups attached to an aromatic ring is 1. The summed E-state index contributed by atoms with van der Waals surface area (Å²) in [6, 6.07) is 9.54. The van der Waals surface area contributed by atoms with Gasteiger partial charge < -0.3 is 10.0 Å². The third-order valence-corrected chi connectivity index (χ3v) is 5.78. The second kappa shape index (κ2) is 7.00. The number of benzene rings is 1. The summed E-state index contributed by atoms with van der Waals surface area (Å²) in [6.45, 7) is 1.55. The van der Waals surface area contributed by atoms with Gasteiger partial charge in [0.1, 0.15) is 17.6 Å². The average molecular weight is 412 g/mol. The summed E-state index contributed by atoms with van der Waals surface area (Å²) >= 11 is 6.05. The van der Waals surface area contributed by atoms with Gasteiger partial charge in [-0.05, 0) is 25.0 Å². The minimum Gasteiger partial charge on any atom is -0.507 e. The van der Waals surface area contributed by atoms with Crippen LogP contribution in [0.1, 0.15) is 12.8 Å². The standard InChI is InChI=1S/C19H19ClN8O/c20-18-7-14(8-22-24-18)28-12-5-6-13(28)10-26(9-12)27-11-16(23-25-19(27)21)15-3-1-2-4-17(15)29/h1-4,7-8,11-13,21,29H,5-6,9-10H2/p+1. The summed E-state index contributed by atoms with van der Waals surface area (Å²) in [6.07, 6.45) is 5.74. The topological polar surface area (TPSA) is 108 Å². The molecular weight excluding hydrogens is 392 g/mol. The number of para-hydroxylation sites is 1. The van der Waals surface area contributed by atoms with E-state index in [0.29, 0.717) is 34.4 Å². The number of aromatic nitrogens is 5. The molecule has 2 atom stereocenters. The van der Waals surface area contributed by atoms with Gasteiger partial charge in [-0.1, -0.05) is 28.8 Å². The average Bonchev–Trinajstić information content (AvgIpc) is 2.98. The highest BCUT2D eigenvalue weighted by Gasteiger charge is 2.42. The van der Waals surface area contributed by atoms with Crippen molar-refractivity contribution in [1.29, 1.82) is 0 Å². The fourth-order valence-electron chi connectivity index (χ4n) is 4.35.